The molecule has 0 aromatic heterocycles. The van der Waals surface area contributed by atoms with Gasteiger partial charge in [-0.05, 0) is 50.4 Å². The molecule has 0 bridgehead atoms. The van der Waals surface area contributed by atoms with Crippen LogP contribution < -0.4 is 5.32 Å². The Kier molecular flexibility index (Phi) is 8.49. The number of benzene rings is 1. The summed E-state index contributed by atoms with van der Waals surface area (Å²) < 4.78 is 12.2. The van der Waals surface area contributed by atoms with E-state index in [0.29, 0.717) is 13.2 Å². The SMILES string of the molecule is CCCNCc1ccc(COCCC(C)(C)OC)c(Br)c1. The second-order valence-corrected chi connectivity index (χ2v) is 6.72. The van der Waals surface area contributed by atoms with Crippen LogP contribution >= 0.6 is 15.9 Å². The Morgan fingerprint density at radius 3 is 2.67 bits per heavy atom. The van der Waals surface area contributed by atoms with Gasteiger partial charge in [0.15, 0.2) is 0 Å². The largest absolute Gasteiger partial charge is 0.379 e. The van der Waals surface area contributed by atoms with Crippen molar-refractivity contribution >= 4 is 15.9 Å². The number of hydrogen-bond donors (Lipinski definition) is 1. The first-order chi connectivity index (χ1) is 9.98. The Morgan fingerprint density at radius 1 is 1.29 bits per heavy atom. The van der Waals surface area contributed by atoms with Crippen molar-refractivity contribution in [3.63, 3.8) is 0 Å². The average Bonchev–Trinajstić information content (AvgIpc) is 2.45. The molecule has 21 heavy (non-hydrogen) atoms. The fourth-order valence-corrected chi connectivity index (χ4v) is 2.37. The summed E-state index contributed by atoms with van der Waals surface area (Å²) in [6, 6.07) is 6.46. The van der Waals surface area contributed by atoms with E-state index < -0.39 is 0 Å². The molecule has 1 N–H and O–H groups in total. The third kappa shape index (κ3) is 7.41. The number of halogens is 1. The Morgan fingerprint density at radius 2 is 2.05 bits per heavy atom. The lowest BCUT2D eigenvalue weighted by atomic mass is 10.1. The van der Waals surface area contributed by atoms with E-state index in [1.165, 1.54) is 11.1 Å². The first kappa shape index (κ1) is 18.6. The van der Waals surface area contributed by atoms with Crippen LogP contribution in [0.1, 0.15) is 44.7 Å². The van der Waals surface area contributed by atoms with Crippen molar-refractivity contribution < 1.29 is 9.47 Å². The zero-order valence-corrected chi connectivity index (χ0v) is 15.3. The molecular weight excluding hydrogens is 330 g/mol. The van der Waals surface area contributed by atoms with E-state index in [2.05, 4.69) is 60.2 Å². The molecule has 120 valence electrons. The van der Waals surface area contributed by atoms with Gasteiger partial charge < -0.3 is 14.8 Å². The van der Waals surface area contributed by atoms with E-state index in [1.807, 2.05) is 0 Å². The lowest BCUT2D eigenvalue weighted by molar-refractivity contribution is -0.0125. The van der Waals surface area contributed by atoms with Crippen LogP contribution in [0.25, 0.3) is 0 Å². The molecule has 1 aromatic rings. The molecule has 0 aliphatic heterocycles. The fraction of sp³-hybridized carbons (Fsp3) is 0.647. The first-order valence-electron chi connectivity index (χ1n) is 7.59. The van der Waals surface area contributed by atoms with E-state index in [0.717, 1.165) is 30.4 Å². The van der Waals surface area contributed by atoms with Crippen molar-refractivity contribution in [1.29, 1.82) is 0 Å². The van der Waals surface area contributed by atoms with Crippen LogP contribution in [0.4, 0.5) is 0 Å². The molecule has 0 unspecified atom stereocenters. The van der Waals surface area contributed by atoms with Crippen LogP contribution in [-0.4, -0.2) is 25.9 Å². The van der Waals surface area contributed by atoms with Gasteiger partial charge >= 0.3 is 0 Å². The number of rotatable bonds is 10. The second-order valence-electron chi connectivity index (χ2n) is 5.87. The van der Waals surface area contributed by atoms with Gasteiger partial charge in [-0.25, -0.2) is 0 Å². The molecular formula is C17H28BrNO2. The molecule has 3 nitrogen and oxygen atoms in total. The topological polar surface area (TPSA) is 30.5 Å². The summed E-state index contributed by atoms with van der Waals surface area (Å²) in [7, 11) is 1.74. The fourth-order valence-electron chi connectivity index (χ4n) is 1.83. The van der Waals surface area contributed by atoms with Gasteiger partial charge in [-0.2, -0.15) is 0 Å². The van der Waals surface area contributed by atoms with E-state index in [9.17, 15) is 0 Å². The molecule has 0 heterocycles. The minimum Gasteiger partial charge on any atom is -0.379 e. The summed E-state index contributed by atoms with van der Waals surface area (Å²) in [6.07, 6.45) is 2.05. The maximum atomic E-state index is 5.75. The smallest absolute Gasteiger partial charge is 0.0727 e. The molecule has 0 saturated heterocycles. The highest BCUT2D eigenvalue weighted by Gasteiger charge is 2.15. The molecule has 1 rings (SSSR count). The highest BCUT2D eigenvalue weighted by atomic mass is 79.9. The van der Waals surface area contributed by atoms with E-state index >= 15 is 0 Å². The monoisotopic (exact) mass is 357 g/mol. The molecule has 0 saturated carbocycles. The van der Waals surface area contributed by atoms with Gasteiger partial charge in [0.2, 0.25) is 0 Å². The van der Waals surface area contributed by atoms with Crippen molar-refractivity contribution in [2.45, 2.75) is 52.4 Å². The quantitative estimate of drug-likeness (QED) is 0.634. The number of nitrogens with one attached hydrogen (secondary N) is 1. The minimum absolute atomic E-state index is 0.119. The third-order valence-corrected chi connectivity index (χ3v) is 4.27. The molecule has 4 heteroatoms. The third-order valence-electron chi connectivity index (χ3n) is 3.53. The van der Waals surface area contributed by atoms with Gasteiger partial charge in [0.1, 0.15) is 0 Å². The van der Waals surface area contributed by atoms with Crippen LogP contribution in [-0.2, 0) is 22.6 Å². The Labute approximate surface area is 137 Å². The molecule has 0 fully saturated rings. The van der Waals surface area contributed by atoms with Crippen molar-refractivity contribution in [1.82, 2.24) is 5.32 Å². The minimum atomic E-state index is -0.119. The van der Waals surface area contributed by atoms with Crippen LogP contribution in [0.5, 0.6) is 0 Å². The Bertz CT molecular complexity index is 421. The van der Waals surface area contributed by atoms with Gasteiger partial charge in [0, 0.05) is 24.7 Å². The average molecular weight is 358 g/mol. The zero-order valence-electron chi connectivity index (χ0n) is 13.7. The summed E-state index contributed by atoms with van der Waals surface area (Å²) >= 11 is 3.63. The van der Waals surface area contributed by atoms with E-state index in [4.69, 9.17) is 9.47 Å². The molecule has 0 atom stereocenters. The molecule has 0 radical (unpaired) electrons. The van der Waals surface area contributed by atoms with Crippen LogP contribution in [0.3, 0.4) is 0 Å². The van der Waals surface area contributed by atoms with Gasteiger partial charge in [0.25, 0.3) is 0 Å². The Hall–Kier alpha value is -0.420. The molecule has 0 spiro atoms. The van der Waals surface area contributed by atoms with Gasteiger partial charge in [-0.3, -0.25) is 0 Å². The zero-order chi connectivity index (χ0) is 15.7. The second kappa shape index (κ2) is 9.57. The number of methoxy groups -OCH3 is 1. The number of ether oxygens (including phenoxy) is 2. The van der Waals surface area contributed by atoms with Crippen molar-refractivity contribution in [2.24, 2.45) is 0 Å². The molecule has 0 aliphatic carbocycles. The first-order valence-corrected chi connectivity index (χ1v) is 8.38. The predicted molar refractivity (Wildman–Crippen MR) is 91.5 cm³/mol. The Balaban J connectivity index is 2.39. The van der Waals surface area contributed by atoms with Crippen molar-refractivity contribution in [3.05, 3.63) is 33.8 Å². The summed E-state index contributed by atoms with van der Waals surface area (Å²) in [5.74, 6) is 0. The van der Waals surface area contributed by atoms with E-state index in [1.54, 1.807) is 7.11 Å². The maximum absolute atomic E-state index is 5.75. The standard InChI is InChI=1S/C17H28BrNO2/c1-5-9-19-12-14-6-7-15(16(18)11-14)13-21-10-8-17(2,3)20-4/h6-7,11,19H,5,8-10,12-13H2,1-4H3. The molecule has 0 aliphatic rings. The van der Waals surface area contributed by atoms with Gasteiger partial charge in [-0.15, -0.1) is 0 Å². The summed E-state index contributed by atoms with van der Waals surface area (Å²) in [5.41, 5.74) is 2.36. The molecule has 0 amide bonds. The van der Waals surface area contributed by atoms with Crippen LogP contribution in [0.15, 0.2) is 22.7 Å². The van der Waals surface area contributed by atoms with Crippen LogP contribution in [0.2, 0.25) is 0 Å². The van der Waals surface area contributed by atoms with Crippen molar-refractivity contribution in [2.75, 3.05) is 20.3 Å². The van der Waals surface area contributed by atoms with Gasteiger partial charge in [-0.1, -0.05) is 35.0 Å². The summed E-state index contributed by atoms with van der Waals surface area (Å²) in [5, 5.41) is 3.41. The van der Waals surface area contributed by atoms with Crippen molar-refractivity contribution in [3.8, 4) is 0 Å². The highest BCUT2D eigenvalue weighted by Crippen LogP contribution is 2.20. The van der Waals surface area contributed by atoms with Gasteiger partial charge in [0.05, 0.1) is 12.2 Å². The maximum Gasteiger partial charge on any atom is 0.0727 e. The predicted octanol–water partition coefficient (Wildman–Crippen LogP) is 4.28. The summed E-state index contributed by atoms with van der Waals surface area (Å²) in [6.45, 7) is 9.62. The lowest BCUT2D eigenvalue weighted by Gasteiger charge is -2.22. The number of hydrogen-bond acceptors (Lipinski definition) is 3. The van der Waals surface area contributed by atoms with Crippen LogP contribution in [0, 0.1) is 0 Å². The summed E-state index contributed by atoms with van der Waals surface area (Å²) in [4.78, 5) is 0. The van der Waals surface area contributed by atoms with E-state index in [-0.39, 0.29) is 5.60 Å². The lowest BCUT2D eigenvalue weighted by Crippen LogP contribution is -2.24. The molecule has 1 aromatic carbocycles. The normalized spacial score (nSPS) is 11.9. The highest BCUT2D eigenvalue weighted by molar-refractivity contribution is 9.10.